The summed E-state index contributed by atoms with van der Waals surface area (Å²) in [6, 6.07) is 8.04. The molecule has 1 saturated heterocycles. The van der Waals surface area contributed by atoms with Crippen LogP contribution in [0.1, 0.15) is 43.5 Å². The normalized spacial score (nSPS) is 19.0. The standard InChI is InChI=1S/C19H25N3O3/c1-4-13(2)17(19(24)22-11-7-8-14(22)12-20)21-18(23)15-9-5-6-10-16(15)25-3/h5-6,9-10,13-14,17H,4,7-8,11H2,1-3H3,(H,21,23)/t13?,14-,17?/m0/s1. The topological polar surface area (TPSA) is 82.4 Å². The second kappa shape index (κ2) is 8.52. The van der Waals surface area contributed by atoms with Gasteiger partial charge in [-0.2, -0.15) is 5.26 Å². The molecule has 0 aromatic heterocycles. The maximum Gasteiger partial charge on any atom is 0.255 e. The van der Waals surface area contributed by atoms with Crippen LogP contribution >= 0.6 is 0 Å². The SMILES string of the molecule is CCC(C)C(NC(=O)c1ccccc1OC)C(=O)N1CCC[C@H]1C#N. The number of nitriles is 1. The number of benzene rings is 1. The molecule has 6 heteroatoms. The summed E-state index contributed by atoms with van der Waals surface area (Å²) < 4.78 is 5.23. The van der Waals surface area contributed by atoms with Crippen molar-refractivity contribution in [3.8, 4) is 11.8 Å². The van der Waals surface area contributed by atoms with E-state index in [1.54, 1.807) is 29.2 Å². The van der Waals surface area contributed by atoms with E-state index in [9.17, 15) is 14.9 Å². The first kappa shape index (κ1) is 18.8. The van der Waals surface area contributed by atoms with E-state index in [0.717, 1.165) is 12.8 Å². The van der Waals surface area contributed by atoms with Gasteiger partial charge in [0.25, 0.3) is 5.91 Å². The number of nitrogens with one attached hydrogen (secondary N) is 1. The number of para-hydroxylation sites is 1. The Labute approximate surface area is 148 Å². The molecule has 1 aromatic rings. The van der Waals surface area contributed by atoms with E-state index in [1.165, 1.54) is 7.11 Å². The Morgan fingerprint density at radius 2 is 2.16 bits per heavy atom. The molecule has 2 amide bonds. The van der Waals surface area contributed by atoms with Crippen LogP contribution in [0.25, 0.3) is 0 Å². The van der Waals surface area contributed by atoms with Crippen molar-refractivity contribution in [3.05, 3.63) is 29.8 Å². The molecule has 1 fully saturated rings. The van der Waals surface area contributed by atoms with E-state index in [1.807, 2.05) is 13.8 Å². The van der Waals surface area contributed by atoms with Gasteiger partial charge in [0.15, 0.2) is 0 Å². The molecule has 6 nitrogen and oxygen atoms in total. The third-order valence-electron chi connectivity index (χ3n) is 4.80. The first-order valence-corrected chi connectivity index (χ1v) is 8.67. The quantitative estimate of drug-likeness (QED) is 0.859. The minimum Gasteiger partial charge on any atom is -0.496 e. The summed E-state index contributed by atoms with van der Waals surface area (Å²) in [4.78, 5) is 27.3. The largest absolute Gasteiger partial charge is 0.496 e. The number of rotatable bonds is 6. The van der Waals surface area contributed by atoms with E-state index in [-0.39, 0.29) is 17.7 Å². The van der Waals surface area contributed by atoms with Gasteiger partial charge in [0.05, 0.1) is 18.7 Å². The minimum atomic E-state index is -0.656. The van der Waals surface area contributed by atoms with Crippen LogP contribution in [-0.2, 0) is 4.79 Å². The summed E-state index contributed by atoms with van der Waals surface area (Å²) in [5, 5.41) is 12.1. The predicted octanol–water partition coefficient (Wildman–Crippen LogP) is 2.35. The zero-order chi connectivity index (χ0) is 18.4. The molecule has 3 atom stereocenters. The van der Waals surface area contributed by atoms with Crippen molar-refractivity contribution in [2.75, 3.05) is 13.7 Å². The number of amides is 2. The third-order valence-corrected chi connectivity index (χ3v) is 4.80. The molecule has 0 radical (unpaired) electrons. The van der Waals surface area contributed by atoms with Crippen LogP contribution < -0.4 is 10.1 Å². The van der Waals surface area contributed by atoms with Crippen LogP contribution in [0.15, 0.2) is 24.3 Å². The van der Waals surface area contributed by atoms with E-state index in [0.29, 0.717) is 24.3 Å². The fourth-order valence-electron chi connectivity index (χ4n) is 3.08. The zero-order valence-electron chi connectivity index (χ0n) is 15.0. The molecule has 1 aliphatic heterocycles. The van der Waals surface area contributed by atoms with Crippen molar-refractivity contribution in [3.63, 3.8) is 0 Å². The summed E-state index contributed by atoms with van der Waals surface area (Å²) in [6.07, 6.45) is 2.25. The molecule has 0 saturated carbocycles. The highest BCUT2D eigenvalue weighted by Gasteiger charge is 2.36. The second-order valence-corrected chi connectivity index (χ2v) is 6.36. The molecule has 1 heterocycles. The summed E-state index contributed by atoms with van der Waals surface area (Å²) >= 11 is 0. The highest BCUT2D eigenvalue weighted by atomic mass is 16.5. The lowest BCUT2D eigenvalue weighted by atomic mass is 9.97. The van der Waals surface area contributed by atoms with Gasteiger partial charge in [-0.05, 0) is 30.9 Å². The van der Waals surface area contributed by atoms with Gasteiger partial charge in [-0.1, -0.05) is 32.4 Å². The Balaban J connectivity index is 2.22. The van der Waals surface area contributed by atoms with Gasteiger partial charge in [0.1, 0.15) is 17.8 Å². The van der Waals surface area contributed by atoms with Gasteiger partial charge < -0.3 is 15.0 Å². The fraction of sp³-hybridized carbons (Fsp3) is 0.526. The molecule has 1 aliphatic rings. The van der Waals surface area contributed by atoms with Gasteiger partial charge in [-0.3, -0.25) is 9.59 Å². The molecule has 134 valence electrons. The van der Waals surface area contributed by atoms with E-state index in [2.05, 4.69) is 11.4 Å². The van der Waals surface area contributed by atoms with Crippen LogP contribution in [0.5, 0.6) is 5.75 Å². The summed E-state index contributed by atoms with van der Waals surface area (Å²) in [5.74, 6) is -0.0945. The van der Waals surface area contributed by atoms with Gasteiger partial charge in [-0.15, -0.1) is 0 Å². The van der Waals surface area contributed by atoms with Crippen LogP contribution in [-0.4, -0.2) is 42.5 Å². The van der Waals surface area contributed by atoms with Crippen molar-refractivity contribution in [1.29, 1.82) is 5.26 Å². The molecule has 0 aliphatic carbocycles. The molecule has 1 aromatic carbocycles. The highest BCUT2D eigenvalue weighted by molar-refractivity contribution is 5.99. The average molecular weight is 343 g/mol. The number of carbonyl (C=O) groups excluding carboxylic acids is 2. The first-order valence-electron chi connectivity index (χ1n) is 8.67. The predicted molar refractivity (Wildman–Crippen MR) is 94.1 cm³/mol. The van der Waals surface area contributed by atoms with Crippen molar-refractivity contribution in [1.82, 2.24) is 10.2 Å². The second-order valence-electron chi connectivity index (χ2n) is 6.36. The highest BCUT2D eigenvalue weighted by Crippen LogP contribution is 2.22. The number of hydrogen-bond donors (Lipinski definition) is 1. The average Bonchev–Trinajstić information content (AvgIpc) is 3.13. The van der Waals surface area contributed by atoms with Crippen molar-refractivity contribution in [2.24, 2.45) is 5.92 Å². The Kier molecular flexibility index (Phi) is 6.40. The number of carbonyl (C=O) groups is 2. The Bertz CT molecular complexity index is 668. The monoisotopic (exact) mass is 343 g/mol. The summed E-state index contributed by atoms with van der Waals surface area (Å²) in [7, 11) is 1.51. The summed E-state index contributed by atoms with van der Waals surface area (Å²) in [5.41, 5.74) is 0.393. The Hall–Kier alpha value is -2.55. The van der Waals surface area contributed by atoms with Crippen molar-refractivity contribution >= 4 is 11.8 Å². The third kappa shape index (κ3) is 4.11. The number of ether oxygens (including phenoxy) is 1. The fourth-order valence-corrected chi connectivity index (χ4v) is 3.08. The molecule has 25 heavy (non-hydrogen) atoms. The van der Waals surface area contributed by atoms with Gasteiger partial charge in [-0.25, -0.2) is 0 Å². The van der Waals surface area contributed by atoms with Gasteiger partial charge >= 0.3 is 0 Å². The van der Waals surface area contributed by atoms with Crippen molar-refractivity contribution in [2.45, 2.75) is 45.2 Å². The number of nitrogens with zero attached hydrogens (tertiary/aromatic N) is 2. The van der Waals surface area contributed by atoms with Gasteiger partial charge in [0, 0.05) is 6.54 Å². The molecule has 2 unspecified atom stereocenters. The Morgan fingerprint density at radius 3 is 2.80 bits per heavy atom. The molecular formula is C19H25N3O3. The molecule has 1 N–H and O–H groups in total. The molecular weight excluding hydrogens is 318 g/mol. The maximum absolute atomic E-state index is 13.0. The Morgan fingerprint density at radius 1 is 1.44 bits per heavy atom. The van der Waals surface area contributed by atoms with Gasteiger partial charge in [0.2, 0.25) is 5.91 Å². The van der Waals surface area contributed by atoms with Crippen LogP contribution in [0.4, 0.5) is 0 Å². The summed E-state index contributed by atoms with van der Waals surface area (Å²) in [6.45, 7) is 4.48. The first-order chi connectivity index (χ1) is 12.0. The van der Waals surface area contributed by atoms with E-state index in [4.69, 9.17) is 4.74 Å². The lowest BCUT2D eigenvalue weighted by molar-refractivity contribution is -0.134. The lowest BCUT2D eigenvalue weighted by Gasteiger charge is -2.29. The lowest BCUT2D eigenvalue weighted by Crippen LogP contribution is -2.52. The molecule has 0 spiro atoms. The van der Waals surface area contributed by atoms with Crippen molar-refractivity contribution < 1.29 is 14.3 Å². The number of likely N-dealkylation sites (tertiary alicyclic amines) is 1. The number of hydrogen-bond acceptors (Lipinski definition) is 4. The van der Waals surface area contributed by atoms with Crippen LogP contribution in [0.2, 0.25) is 0 Å². The maximum atomic E-state index is 13.0. The van der Waals surface area contributed by atoms with Crippen LogP contribution in [0.3, 0.4) is 0 Å². The molecule has 2 rings (SSSR count). The zero-order valence-corrected chi connectivity index (χ0v) is 15.0. The smallest absolute Gasteiger partial charge is 0.255 e. The van der Waals surface area contributed by atoms with Crippen LogP contribution in [0, 0.1) is 17.2 Å². The molecule has 0 bridgehead atoms. The van der Waals surface area contributed by atoms with E-state index < -0.39 is 12.1 Å². The number of methoxy groups -OCH3 is 1. The van der Waals surface area contributed by atoms with E-state index >= 15 is 0 Å². The minimum absolute atomic E-state index is 0.0360.